The van der Waals surface area contributed by atoms with Crippen molar-refractivity contribution >= 4 is 15.7 Å². The fourth-order valence-electron chi connectivity index (χ4n) is 1.70. The molecule has 0 aliphatic rings. The number of nitrogens with one attached hydrogen (secondary N) is 1. The summed E-state index contributed by atoms with van der Waals surface area (Å²) in [5.41, 5.74) is 0.505. The summed E-state index contributed by atoms with van der Waals surface area (Å²) in [7, 11) is -3.93. The van der Waals surface area contributed by atoms with Crippen LogP contribution >= 0.6 is 0 Å². The number of para-hydroxylation sites is 1. The molecule has 21 heavy (non-hydrogen) atoms. The Hall–Kier alpha value is -2.29. The van der Waals surface area contributed by atoms with Crippen molar-refractivity contribution in [1.29, 1.82) is 0 Å². The number of sulfone groups is 1. The first-order valence-electron chi connectivity index (χ1n) is 6.26. The van der Waals surface area contributed by atoms with E-state index in [4.69, 9.17) is 0 Å². The van der Waals surface area contributed by atoms with Crippen LogP contribution in [0, 0.1) is 0 Å². The predicted octanol–water partition coefficient (Wildman–Crippen LogP) is -0.0394. The number of carbonyl (C=O) groups excluding carboxylic acids is 1. The monoisotopic (exact) mass is 309 g/mol. The lowest BCUT2D eigenvalue weighted by Crippen LogP contribution is -2.35. The summed E-state index contributed by atoms with van der Waals surface area (Å²) in [5.74, 6) is -1.29. The number of carbonyl (C=O) groups is 1. The van der Waals surface area contributed by atoms with Crippen LogP contribution in [0.3, 0.4) is 0 Å². The standard InChI is InChI=1S/C12H15N5O3S/c1-9(2)13-11(18)8-21(19,20)12-14-15-16-17(12)10-6-4-3-5-7-10/h3-7,9H,8H2,1-2H3,(H,13,18). The third-order valence-corrected chi connectivity index (χ3v) is 3.94. The third kappa shape index (κ3) is 3.63. The number of tetrazole rings is 1. The molecule has 0 saturated heterocycles. The molecule has 1 aromatic carbocycles. The van der Waals surface area contributed by atoms with Gasteiger partial charge in [0.2, 0.25) is 15.7 Å². The molecule has 0 unspecified atom stereocenters. The Bertz CT molecular complexity index is 724. The molecule has 0 bridgehead atoms. The van der Waals surface area contributed by atoms with Crippen LogP contribution in [-0.4, -0.2) is 46.3 Å². The summed E-state index contributed by atoms with van der Waals surface area (Å²) in [5, 5.41) is 12.8. The minimum absolute atomic E-state index is 0.141. The molecule has 0 atom stereocenters. The van der Waals surface area contributed by atoms with Gasteiger partial charge < -0.3 is 5.32 Å². The van der Waals surface area contributed by atoms with Crippen LogP contribution in [0.5, 0.6) is 0 Å². The van der Waals surface area contributed by atoms with E-state index in [9.17, 15) is 13.2 Å². The van der Waals surface area contributed by atoms with E-state index in [2.05, 4.69) is 20.8 Å². The SMILES string of the molecule is CC(C)NC(=O)CS(=O)(=O)c1nnnn1-c1ccccc1. The fourth-order valence-corrected chi connectivity index (χ4v) is 2.83. The van der Waals surface area contributed by atoms with E-state index in [-0.39, 0.29) is 11.2 Å². The van der Waals surface area contributed by atoms with Crippen LogP contribution in [0.2, 0.25) is 0 Å². The number of benzene rings is 1. The van der Waals surface area contributed by atoms with Crippen LogP contribution in [0.1, 0.15) is 13.8 Å². The number of hydrogen-bond donors (Lipinski definition) is 1. The molecule has 0 aliphatic carbocycles. The van der Waals surface area contributed by atoms with E-state index in [1.807, 2.05) is 0 Å². The van der Waals surface area contributed by atoms with Crippen LogP contribution in [0.25, 0.3) is 5.69 Å². The van der Waals surface area contributed by atoms with Crippen molar-refractivity contribution in [3.05, 3.63) is 30.3 Å². The molecule has 0 spiro atoms. The maximum atomic E-state index is 12.3. The predicted molar refractivity (Wildman–Crippen MR) is 74.5 cm³/mol. The molecule has 0 aliphatic heterocycles. The molecule has 1 aromatic heterocycles. The van der Waals surface area contributed by atoms with Gasteiger partial charge in [-0.25, -0.2) is 8.42 Å². The Morgan fingerprint density at radius 3 is 2.57 bits per heavy atom. The van der Waals surface area contributed by atoms with Gasteiger partial charge in [0.05, 0.1) is 5.69 Å². The van der Waals surface area contributed by atoms with E-state index in [0.29, 0.717) is 5.69 Å². The van der Waals surface area contributed by atoms with Crippen molar-refractivity contribution in [1.82, 2.24) is 25.5 Å². The lowest BCUT2D eigenvalue weighted by Gasteiger charge is -2.08. The Labute approximate surface area is 122 Å². The highest BCUT2D eigenvalue weighted by atomic mass is 32.2. The molecule has 8 nitrogen and oxygen atoms in total. The average Bonchev–Trinajstić information content (AvgIpc) is 2.88. The smallest absolute Gasteiger partial charge is 0.272 e. The molecule has 112 valence electrons. The summed E-state index contributed by atoms with van der Waals surface area (Å²) in [6.07, 6.45) is 0. The molecular formula is C12H15N5O3S. The number of amides is 1. The highest BCUT2D eigenvalue weighted by molar-refractivity contribution is 7.91. The van der Waals surface area contributed by atoms with Gasteiger partial charge in [-0.1, -0.05) is 23.3 Å². The van der Waals surface area contributed by atoms with E-state index in [0.717, 1.165) is 4.68 Å². The molecule has 0 radical (unpaired) electrons. The van der Waals surface area contributed by atoms with Gasteiger partial charge in [-0.3, -0.25) is 4.79 Å². The Balaban J connectivity index is 2.30. The normalized spacial score (nSPS) is 11.6. The second kappa shape index (κ2) is 6.00. The first kappa shape index (κ1) is 15.1. The average molecular weight is 309 g/mol. The Kier molecular flexibility index (Phi) is 4.32. The van der Waals surface area contributed by atoms with Gasteiger partial charge in [0.15, 0.2) is 0 Å². The van der Waals surface area contributed by atoms with Gasteiger partial charge in [0.1, 0.15) is 5.75 Å². The van der Waals surface area contributed by atoms with Gasteiger partial charge in [-0.2, -0.15) is 4.68 Å². The Morgan fingerprint density at radius 2 is 1.95 bits per heavy atom. The largest absolute Gasteiger partial charge is 0.353 e. The second-order valence-corrected chi connectivity index (χ2v) is 6.57. The van der Waals surface area contributed by atoms with Gasteiger partial charge in [-0.15, -0.1) is 0 Å². The van der Waals surface area contributed by atoms with Crippen molar-refractivity contribution < 1.29 is 13.2 Å². The van der Waals surface area contributed by atoms with Crippen LogP contribution in [-0.2, 0) is 14.6 Å². The van der Waals surface area contributed by atoms with E-state index in [1.165, 1.54) is 0 Å². The number of hydrogen-bond acceptors (Lipinski definition) is 6. The van der Waals surface area contributed by atoms with E-state index >= 15 is 0 Å². The zero-order chi connectivity index (χ0) is 15.5. The molecule has 1 heterocycles. The molecule has 1 amide bonds. The lowest BCUT2D eigenvalue weighted by atomic mass is 10.3. The number of rotatable bonds is 5. The first-order chi connectivity index (χ1) is 9.90. The van der Waals surface area contributed by atoms with E-state index < -0.39 is 21.5 Å². The van der Waals surface area contributed by atoms with Crippen molar-refractivity contribution in [2.45, 2.75) is 25.0 Å². The van der Waals surface area contributed by atoms with Gasteiger partial charge in [-0.05, 0) is 36.4 Å². The Morgan fingerprint density at radius 1 is 1.29 bits per heavy atom. The molecule has 1 N–H and O–H groups in total. The van der Waals surface area contributed by atoms with Crippen molar-refractivity contribution in [3.63, 3.8) is 0 Å². The molecule has 2 aromatic rings. The maximum Gasteiger partial charge on any atom is 0.272 e. The minimum atomic E-state index is -3.93. The van der Waals surface area contributed by atoms with Gasteiger partial charge >= 0.3 is 0 Å². The zero-order valence-corrected chi connectivity index (χ0v) is 12.4. The molecular weight excluding hydrogens is 294 g/mol. The fraction of sp³-hybridized carbons (Fsp3) is 0.333. The molecule has 0 fully saturated rings. The van der Waals surface area contributed by atoms with E-state index in [1.54, 1.807) is 44.2 Å². The molecule has 0 saturated carbocycles. The van der Waals surface area contributed by atoms with Crippen molar-refractivity contribution in [2.75, 3.05) is 5.75 Å². The highest BCUT2D eigenvalue weighted by Gasteiger charge is 2.27. The number of aromatic nitrogens is 4. The summed E-state index contributed by atoms with van der Waals surface area (Å²) in [6.45, 7) is 3.50. The van der Waals surface area contributed by atoms with Crippen LogP contribution in [0.15, 0.2) is 35.5 Å². The lowest BCUT2D eigenvalue weighted by molar-refractivity contribution is -0.119. The second-order valence-electron chi connectivity index (χ2n) is 4.69. The summed E-state index contributed by atoms with van der Waals surface area (Å²) >= 11 is 0. The quantitative estimate of drug-likeness (QED) is 0.830. The van der Waals surface area contributed by atoms with Crippen LogP contribution < -0.4 is 5.32 Å². The van der Waals surface area contributed by atoms with Crippen molar-refractivity contribution in [3.8, 4) is 5.69 Å². The van der Waals surface area contributed by atoms with Gasteiger partial charge in [0, 0.05) is 6.04 Å². The van der Waals surface area contributed by atoms with Gasteiger partial charge in [0.25, 0.3) is 5.16 Å². The molecule has 9 heteroatoms. The zero-order valence-electron chi connectivity index (χ0n) is 11.6. The highest BCUT2D eigenvalue weighted by Crippen LogP contribution is 2.12. The third-order valence-electron chi connectivity index (χ3n) is 2.49. The summed E-state index contributed by atoms with van der Waals surface area (Å²) in [4.78, 5) is 11.6. The summed E-state index contributed by atoms with van der Waals surface area (Å²) in [6, 6.07) is 8.46. The maximum absolute atomic E-state index is 12.3. The minimum Gasteiger partial charge on any atom is -0.353 e. The first-order valence-corrected chi connectivity index (χ1v) is 7.91. The van der Waals surface area contributed by atoms with Crippen LogP contribution in [0.4, 0.5) is 0 Å². The van der Waals surface area contributed by atoms with Crippen molar-refractivity contribution in [2.24, 2.45) is 0 Å². The topological polar surface area (TPSA) is 107 Å². The summed E-state index contributed by atoms with van der Waals surface area (Å²) < 4.78 is 25.6. The number of nitrogens with zero attached hydrogens (tertiary/aromatic N) is 4. The molecule has 2 rings (SSSR count).